The first kappa shape index (κ1) is 50.2. The number of aliphatic hydroxyl groups excluding tert-OH is 4. The average Bonchev–Trinajstić information content (AvgIpc) is 4.04. The predicted octanol–water partition coefficient (Wildman–Crippen LogP) is 3.40. The Bertz CT molecular complexity index is 2450. The molecule has 8 aliphatic carbocycles. The molecule has 1 aromatic rings. The molecule has 12 N–H and O–H groups in total. The second-order valence-corrected chi connectivity index (χ2v) is 24.3. The molecule has 9 aliphatic rings. The Hall–Kier alpha value is -4.30. The van der Waals surface area contributed by atoms with Gasteiger partial charge in [0.05, 0.1) is 54.3 Å². The normalized spacial score (nSPS) is 46.7. The lowest BCUT2D eigenvalue weighted by Crippen LogP contribution is -2.65. The number of hydrogen-bond acceptors (Lipinski definition) is 12. The van der Waals surface area contributed by atoms with Crippen molar-refractivity contribution in [1.82, 2.24) is 10.3 Å². The third kappa shape index (κ3) is 7.99. The van der Waals surface area contributed by atoms with Crippen molar-refractivity contribution < 1.29 is 49.8 Å². The van der Waals surface area contributed by atoms with Crippen molar-refractivity contribution in [1.29, 1.82) is 0 Å². The number of nitrogens with zero attached hydrogens (tertiary/aromatic N) is 1. The lowest BCUT2D eigenvalue weighted by atomic mass is 9.44. The third-order valence-corrected chi connectivity index (χ3v) is 20.5. The van der Waals surface area contributed by atoms with Crippen molar-refractivity contribution in [3.05, 3.63) is 59.1 Å². The molecule has 1 aliphatic heterocycles. The minimum atomic E-state index is -1.91. The average molecular weight is 980 g/mol. The number of aromatic nitrogens is 1. The molecule has 0 spiro atoms. The van der Waals surface area contributed by atoms with Gasteiger partial charge in [0.1, 0.15) is 5.78 Å². The van der Waals surface area contributed by atoms with E-state index in [4.69, 9.17) is 16.2 Å². The van der Waals surface area contributed by atoms with Crippen molar-refractivity contribution in [3.63, 3.8) is 0 Å². The molecule has 10 rings (SSSR count). The maximum Gasteiger partial charge on any atom is 0.313 e. The zero-order valence-corrected chi connectivity index (χ0v) is 41.8. The van der Waals surface area contributed by atoms with Crippen LogP contribution in [0.2, 0.25) is 0 Å². The van der Waals surface area contributed by atoms with Crippen LogP contribution < -0.4 is 16.8 Å². The molecule has 15 nitrogen and oxygen atoms in total. The van der Waals surface area contributed by atoms with E-state index >= 15 is 4.79 Å². The van der Waals surface area contributed by atoms with Crippen LogP contribution in [0.25, 0.3) is 0 Å². The van der Waals surface area contributed by atoms with Crippen LogP contribution in [0.15, 0.2) is 58.5 Å². The third-order valence-electron chi connectivity index (χ3n) is 20.5. The first-order valence-electron chi connectivity index (χ1n) is 26.6. The minimum absolute atomic E-state index is 0.0207. The maximum absolute atomic E-state index is 15.1. The lowest BCUT2D eigenvalue weighted by molar-refractivity contribution is -0.191. The fraction of sp³-hybridized carbons (Fsp3) is 0.714. The Morgan fingerprint density at radius 3 is 2.54 bits per heavy atom. The van der Waals surface area contributed by atoms with Crippen molar-refractivity contribution in [2.45, 2.75) is 134 Å². The summed E-state index contributed by atoms with van der Waals surface area (Å²) >= 11 is 0. The molecule has 386 valence electrons. The van der Waals surface area contributed by atoms with Gasteiger partial charge in [0.15, 0.2) is 11.7 Å². The van der Waals surface area contributed by atoms with E-state index < -0.39 is 75.9 Å². The molecular formula is C56H77N5O10. The second kappa shape index (κ2) is 18.6. The number of guanidine groups is 1. The van der Waals surface area contributed by atoms with E-state index in [1.807, 2.05) is 25.4 Å². The number of ketones is 2. The first-order valence-corrected chi connectivity index (χ1v) is 26.6. The number of esters is 1. The summed E-state index contributed by atoms with van der Waals surface area (Å²) in [4.78, 5) is 49.3. The van der Waals surface area contributed by atoms with E-state index in [-0.39, 0.29) is 135 Å². The van der Waals surface area contributed by atoms with E-state index in [0.717, 1.165) is 24.8 Å². The van der Waals surface area contributed by atoms with E-state index in [0.29, 0.717) is 24.3 Å². The van der Waals surface area contributed by atoms with Gasteiger partial charge in [-0.05, 0) is 154 Å². The molecule has 21 atom stereocenters. The van der Waals surface area contributed by atoms with Gasteiger partial charge in [-0.25, -0.2) is 0 Å². The van der Waals surface area contributed by atoms with Crippen molar-refractivity contribution in [2.75, 3.05) is 26.3 Å². The molecule has 1 aromatic heterocycles. The molecule has 15 heteroatoms. The molecule has 4 saturated carbocycles. The highest BCUT2D eigenvalue weighted by atomic mass is 16.5. The lowest BCUT2D eigenvalue weighted by Gasteiger charge is -2.62. The van der Waals surface area contributed by atoms with E-state index in [9.17, 15) is 40.2 Å². The molecule has 71 heavy (non-hydrogen) atoms. The minimum Gasteiger partial charge on any atom is -0.465 e. The number of aromatic amines is 1. The molecule has 2 heterocycles. The molecule has 0 radical (unpaired) electrons. The standard InChI is InChI=1S/C56H77N5O10/c1-28-8-9-30-19-31-10-11-36-35(38-27-71-51(68)45(38)33-13-16-59-25-33)7-5-6-32-22-56(70)47-39(53(3)23-42(65)41(64)21-40(53)49(67)48(47)61-24-29(2)63)12-14-55(56,15-17-60-52(57)58)50(32)54(4,69)43(66)20-34(26-62)44(31)46(36)37(30)18-28/h10-11,13,16,19,25,28,31-32,34-46,50,59,61-62,64-66,69-70H,6,8-9,12,14-15,17-18,20-24,26-27H2,1-4H3,(H4,57,58,60)/t28-,31-,32+,34-,35+,36-,37-,38-,39-,40-,41+,42-,43+,44-,45-,46+,50+,53+,54-,55-,56+/m0/s1. The SMILES string of the molecule is CC(=O)CNC1=C2[C@H](CC[C@]3(CCN=C(N)N)[C@@H]4[C@H](CC#C[C@@H]([C@@H]5COC(=O)[C@H]5c5cc[nH]c5)[C@@H]5C=C[C@H]6C=C7CC[C@H](C)C[C@@H]7[C@@H]5[C@@H]6[C@H](CO)C[C@@H](O)[C@]4(C)O)C[C@@]23O)[C@@]2(C)C[C@H](O)[C@H](O)C[C@H]2C1=O. The summed E-state index contributed by atoms with van der Waals surface area (Å²) in [7, 11) is 0. The number of ether oxygens (including phenoxy) is 1. The summed E-state index contributed by atoms with van der Waals surface area (Å²) in [6, 6.07) is 1.92. The number of fused-ring (bicyclic) bond motifs is 8. The van der Waals surface area contributed by atoms with Crippen LogP contribution in [-0.2, 0) is 19.1 Å². The topological polar surface area (TPSA) is 274 Å². The number of cyclic esters (lactones) is 1. The van der Waals surface area contributed by atoms with Crippen LogP contribution in [-0.4, -0.2) is 115 Å². The Morgan fingerprint density at radius 2 is 1.82 bits per heavy atom. The van der Waals surface area contributed by atoms with Gasteiger partial charge in [0, 0.05) is 61.1 Å². The number of carbonyl (C=O) groups excluding carboxylic acids is 3. The predicted molar refractivity (Wildman–Crippen MR) is 264 cm³/mol. The molecular weight excluding hydrogens is 903 g/mol. The fourth-order valence-electron chi connectivity index (χ4n) is 17.5. The van der Waals surface area contributed by atoms with Gasteiger partial charge in [0.25, 0.3) is 0 Å². The maximum atomic E-state index is 15.1. The number of hydrogen-bond donors (Lipinski definition) is 10. The zero-order chi connectivity index (χ0) is 50.5. The van der Waals surface area contributed by atoms with Crippen LogP contribution in [0.5, 0.6) is 0 Å². The summed E-state index contributed by atoms with van der Waals surface area (Å²) in [6.07, 6.45) is 11.4. The van der Waals surface area contributed by atoms with E-state index in [1.165, 1.54) is 12.5 Å². The summed E-state index contributed by atoms with van der Waals surface area (Å²) < 4.78 is 5.96. The first-order chi connectivity index (χ1) is 33.7. The monoisotopic (exact) mass is 980 g/mol. The van der Waals surface area contributed by atoms with Gasteiger partial charge in [0.2, 0.25) is 0 Å². The van der Waals surface area contributed by atoms with Crippen molar-refractivity contribution in [2.24, 2.45) is 104 Å². The summed E-state index contributed by atoms with van der Waals surface area (Å²) in [6.45, 7) is 7.16. The van der Waals surface area contributed by atoms with E-state index in [1.54, 1.807) is 6.92 Å². The van der Waals surface area contributed by atoms with Crippen LogP contribution in [0, 0.1) is 99.6 Å². The van der Waals surface area contributed by atoms with Gasteiger partial charge in [-0.1, -0.05) is 43.6 Å². The van der Waals surface area contributed by atoms with Crippen LogP contribution in [0.1, 0.15) is 110 Å². The van der Waals surface area contributed by atoms with Crippen LogP contribution in [0.3, 0.4) is 0 Å². The number of Topliss-reactive ketones (excluding diaryl/α,β-unsaturated/α-hetero) is 2. The number of allylic oxidation sites excluding steroid dienone is 5. The number of H-pyrrole nitrogens is 1. The number of rotatable bonds is 9. The molecule has 0 amide bonds. The van der Waals surface area contributed by atoms with Gasteiger partial charge in [-0.3, -0.25) is 19.4 Å². The van der Waals surface area contributed by atoms with Crippen LogP contribution in [0.4, 0.5) is 0 Å². The number of nitrogens with one attached hydrogen (secondary N) is 2. The van der Waals surface area contributed by atoms with Crippen LogP contribution >= 0.6 is 0 Å². The quantitative estimate of drug-likeness (QED) is 0.0560. The van der Waals surface area contributed by atoms with Crippen molar-refractivity contribution >= 4 is 23.5 Å². The highest BCUT2D eigenvalue weighted by molar-refractivity contribution is 6.00. The molecule has 5 fully saturated rings. The van der Waals surface area contributed by atoms with E-state index in [2.05, 4.69) is 52.3 Å². The highest BCUT2D eigenvalue weighted by Gasteiger charge is 2.74. The Labute approximate surface area is 417 Å². The Morgan fingerprint density at radius 1 is 1.03 bits per heavy atom. The van der Waals surface area contributed by atoms with Gasteiger partial charge >= 0.3 is 5.97 Å². The number of aliphatic imine (C=N–C) groups is 1. The van der Waals surface area contributed by atoms with Gasteiger partial charge in [-0.15, -0.1) is 5.92 Å². The summed E-state index contributed by atoms with van der Waals surface area (Å²) in [5.41, 5.74) is 8.83. The van der Waals surface area contributed by atoms with Gasteiger partial charge in [-0.2, -0.15) is 0 Å². The highest BCUT2D eigenvalue weighted by Crippen LogP contribution is 2.72. The molecule has 0 unspecified atom stereocenters. The molecule has 4 bridgehead atoms. The zero-order valence-electron chi connectivity index (χ0n) is 41.8. The Kier molecular flexibility index (Phi) is 13.1. The summed E-state index contributed by atoms with van der Waals surface area (Å²) in [5, 5.41) is 78.0. The molecule has 1 saturated heterocycles. The number of carbonyl (C=O) groups is 3. The molecule has 0 aromatic carbocycles. The van der Waals surface area contributed by atoms with Gasteiger partial charge < -0.3 is 57.1 Å². The fourth-order valence-corrected chi connectivity index (χ4v) is 17.5. The van der Waals surface area contributed by atoms with Crippen molar-refractivity contribution in [3.8, 4) is 11.8 Å². The largest absolute Gasteiger partial charge is 0.465 e. The number of aliphatic hydroxyl groups is 6. The smallest absolute Gasteiger partial charge is 0.313 e. The Balaban J connectivity index is 1.17. The summed E-state index contributed by atoms with van der Waals surface area (Å²) in [5.74, 6) is 2.51. The number of nitrogens with two attached hydrogens (primary N) is 2. The second-order valence-electron chi connectivity index (χ2n) is 24.3.